The fraction of sp³-hybridized carbons (Fsp3) is 0.333. The number of methoxy groups -OCH3 is 1. The Kier molecular flexibility index (Phi) is 3.27. The summed E-state index contributed by atoms with van der Waals surface area (Å²) in [6, 6.07) is 2.66. The van der Waals surface area contributed by atoms with E-state index in [9.17, 15) is 4.39 Å². The zero-order valence-electron chi connectivity index (χ0n) is 7.99. The summed E-state index contributed by atoms with van der Waals surface area (Å²) in [5.41, 5.74) is 0.561. The summed E-state index contributed by atoms with van der Waals surface area (Å²) in [6.07, 6.45) is 0. The minimum absolute atomic E-state index is 0.0400. The van der Waals surface area contributed by atoms with Crippen LogP contribution in [0.3, 0.4) is 0 Å². The predicted molar refractivity (Wildman–Crippen MR) is 47.9 cm³/mol. The molecule has 0 fully saturated rings. The molecule has 0 bridgehead atoms. The predicted octanol–water partition coefficient (Wildman–Crippen LogP) is 1.36. The number of halogens is 1. The molecule has 0 aromatic heterocycles. The first-order valence-corrected chi connectivity index (χ1v) is 4.00. The Labute approximate surface area is 81.1 Å². The number of nitrogens with zero attached hydrogens (tertiary/aromatic N) is 1. The van der Waals surface area contributed by atoms with Crippen LogP contribution in [0.2, 0.25) is 0 Å². The first-order valence-electron chi connectivity index (χ1n) is 4.00. The maximum Gasteiger partial charge on any atom is 0.206 e. The number of benzene rings is 1. The number of hydrogen-bond donors (Lipinski definition) is 2. The van der Waals surface area contributed by atoms with Crippen molar-refractivity contribution in [3.05, 3.63) is 23.5 Å². The SMILES string of the molecule is COc1cc(CN(C)O)cc(O)c1F. The topological polar surface area (TPSA) is 52.9 Å². The van der Waals surface area contributed by atoms with Gasteiger partial charge in [0.2, 0.25) is 5.82 Å². The molecular weight excluding hydrogens is 189 g/mol. The fourth-order valence-electron chi connectivity index (χ4n) is 1.14. The highest BCUT2D eigenvalue weighted by Crippen LogP contribution is 2.27. The van der Waals surface area contributed by atoms with E-state index in [0.717, 1.165) is 5.06 Å². The molecule has 0 spiro atoms. The fourth-order valence-corrected chi connectivity index (χ4v) is 1.14. The lowest BCUT2D eigenvalue weighted by Crippen LogP contribution is -2.11. The third-order valence-corrected chi connectivity index (χ3v) is 1.71. The standard InChI is InChI=1S/C9H12FNO3/c1-11(13)5-6-3-7(12)9(10)8(4-6)14-2/h3-4,12-13H,5H2,1-2H3. The number of ether oxygens (including phenoxy) is 1. The third kappa shape index (κ3) is 2.34. The molecule has 5 heteroatoms. The first kappa shape index (κ1) is 10.7. The molecular formula is C9H12FNO3. The molecule has 0 radical (unpaired) electrons. The molecule has 1 rings (SSSR count). The van der Waals surface area contributed by atoms with Gasteiger partial charge in [-0.2, -0.15) is 9.45 Å². The Hall–Kier alpha value is -1.33. The second-order valence-corrected chi connectivity index (χ2v) is 2.95. The molecule has 1 aromatic rings. The monoisotopic (exact) mass is 201 g/mol. The molecule has 0 aliphatic heterocycles. The van der Waals surface area contributed by atoms with Crippen LogP contribution in [-0.4, -0.2) is 29.5 Å². The lowest BCUT2D eigenvalue weighted by atomic mass is 10.2. The second-order valence-electron chi connectivity index (χ2n) is 2.95. The minimum Gasteiger partial charge on any atom is -0.505 e. The molecule has 0 saturated carbocycles. The number of hydroxylamine groups is 2. The Morgan fingerprint density at radius 3 is 2.64 bits per heavy atom. The first-order chi connectivity index (χ1) is 6.54. The highest BCUT2D eigenvalue weighted by Gasteiger charge is 2.10. The summed E-state index contributed by atoms with van der Waals surface area (Å²) in [5, 5.41) is 19.0. The van der Waals surface area contributed by atoms with Crippen molar-refractivity contribution >= 4 is 0 Å². The quantitative estimate of drug-likeness (QED) is 0.725. The lowest BCUT2D eigenvalue weighted by molar-refractivity contribution is -0.0732. The van der Waals surface area contributed by atoms with Gasteiger partial charge in [0.1, 0.15) is 0 Å². The summed E-state index contributed by atoms with van der Waals surface area (Å²) in [5.74, 6) is -1.32. The van der Waals surface area contributed by atoms with Gasteiger partial charge >= 0.3 is 0 Å². The molecule has 2 N–H and O–H groups in total. The lowest BCUT2D eigenvalue weighted by Gasteiger charge is -2.10. The van der Waals surface area contributed by atoms with E-state index in [1.165, 1.54) is 26.3 Å². The van der Waals surface area contributed by atoms with Crippen LogP contribution in [0, 0.1) is 5.82 Å². The van der Waals surface area contributed by atoms with Crippen LogP contribution >= 0.6 is 0 Å². The van der Waals surface area contributed by atoms with Gasteiger partial charge in [0.05, 0.1) is 7.11 Å². The smallest absolute Gasteiger partial charge is 0.206 e. The van der Waals surface area contributed by atoms with Crippen molar-refractivity contribution in [1.82, 2.24) is 5.06 Å². The van der Waals surface area contributed by atoms with Gasteiger partial charge in [-0.05, 0) is 17.7 Å². The van der Waals surface area contributed by atoms with Crippen LogP contribution in [-0.2, 0) is 6.54 Å². The zero-order valence-corrected chi connectivity index (χ0v) is 7.99. The van der Waals surface area contributed by atoms with Gasteiger partial charge in [0, 0.05) is 13.6 Å². The molecule has 0 atom stereocenters. The molecule has 0 heterocycles. The molecule has 4 nitrogen and oxygen atoms in total. The summed E-state index contributed by atoms with van der Waals surface area (Å²) < 4.78 is 17.8. The Balaban J connectivity index is 3.03. The molecule has 0 unspecified atom stereocenters. The van der Waals surface area contributed by atoms with E-state index < -0.39 is 11.6 Å². The van der Waals surface area contributed by atoms with Crippen molar-refractivity contribution in [2.24, 2.45) is 0 Å². The molecule has 0 amide bonds. The number of aromatic hydroxyl groups is 1. The van der Waals surface area contributed by atoms with Gasteiger partial charge in [-0.15, -0.1) is 0 Å². The Morgan fingerprint density at radius 1 is 1.50 bits per heavy atom. The summed E-state index contributed by atoms with van der Waals surface area (Å²) in [7, 11) is 2.76. The van der Waals surface area contributed by atoms with Crippen LogP contribution in [0.25, 0.3) is 0 Å². The van der Waals surface area contributed by atoms with E-state index in [1.807, 2.05) is 0 Å². The Morgan fingerprint density at radius 2 is 2.14 bits per heavy atom. The Bertz CT molecular complexity index is 328. The van der Waals surface area contributed by atoms with E-state index in [1.54, 1.807) is 0 Å². The van der Waals surface area contributed by atoms with E-state index in [0.29, 0.717) is 5.56 Å². The van der Waals surface area contributed by atoms with Crippen molar-refractivity contribution in [3.63, 3.8) is 0 Å². The van der Waals surface area contributed by atoms with Crippen molar-refractivity contribution in [2.75, 3.05) is 14.2 Å². The molecule has 0 saturated heterocycles. The van der Waals surface area contributed by atoms with Crippen molar-refractivity contribution in [2.45, 2.75) is 6.54 Å². The van der Waals surface area contributed by atoms with Crippen LogP contribution in [0.1, 0.15) is 5.56 Å². The van der Waals surface area contributed by atoms with E-state index in [2.05, 4.69) is 0 Å². The van der Waals surface area contributed by atoms with E-state index in [4.69, 9.17) is 15.1 Å². The highest BCUT2D eigenvalue weighted by atomic mass is 19.1. The summed E-state index contributed by atoms with van der Waals surface area (Å²) in [6.45, 7) is 0.185. The van der Waals surface area contributed by atoms with Crippen molar-refractivity contribution in [3.8, 4) is 11.5 Å². The molecule has 1 aromatic carbocycles. The largest absolute Gasteiger partial charge is 0.505 e. The maximum absolute atomic E-state index is 13.1. The van der Waals surface area contributed by atoms with Crippen LogP contribution in [0.4, 0.5) is 4.39 Å². The molecule has 0 aliphatic carbocycles. The van der Waals surface area contributed by atoms with Gasteiger partial charge in [0.25, 0.3) is 0 Å². The minimum atomic E-state index is -0.795. The van der Waals surface area contributed by atoms with Crippen LogP contribution in [0.15, 0.2) is 12.1 Å². The molecule has 14 heavy (non-hydrogen) atoms. The second kappa shape index (κ2) is 4.26. The maximum atomic E-state index is 13.1. The summed E-state index contributed by atoms with van der Waals surface area (Å²) in [4.78, 5) is 0. The van der Waals surface area contributed by atoms with E-state index in [-0.39, 0.29) is 12.3 Å². The van der Waals surface area contributed by atoms with Gasteiger partial charge < -0.3 is 15.1 Å². The van der Waals surface area contributed by atoms with Crippen LogP contribution in [0.5, 0.6) is 11.5 Å². The normalized spacial score (nSPS) is 10.6. The summed E-state index contributed by atoms with van der Waals surface area (Å²) >= 11 is 0. The van der Waals surface area contributed by atoms with Gasteiger partial charge in [-0.25, -0.2) is 0 Å². The average molecular weight is 201 g/mol. The molecule has 0 aliphatic rings. The van der Waals surface area contributed by atoms with Gasteiger partial charge in [-0.1, -0.05) is 0 Å². The van der Waals surface area contributed by atoms with Crippen molar-refractivity contribution in [1.29, 1.82) is 0 Å². The highest BCUT2D eigenvalue weighted by molar-refractivity contribution is 5.39. The third-order valence-electron chi connectivity index (χ3n) is 1.71. The van der Waals surface area contributed by atoms with E-state index >= 15 is 0 Å². The zero-order chi connectivity index (χ0) is 10.7. The van der Waals surface area contributed by atoms with Crippen molar-refractivity contribution < 1.29 is 19.4 Å². The average Bonchev–Trinajstić information content (AvgIpc) is 2.10. The van der Waals surface area contributed by atoms with Gasteiger partial charge in [-0.3, -0.25) is 0 Å². The molecule has 78 valence electrons. The number of phenols is 1. The number of rotatable bonds is 3. The van der Waals surface area contributed by atoms with Crippen LogP contribution < -0.4 is 4.74 Å². The number of phenolic OH excluding ortho intramolecular Hbond substituents is 1. The van der Waals surface area contributed by atoms with Gasteiger partial charge in [0.15, 0.2) is 11.5 Å². The number of hydrogen-bond acceptors (Lipinski definition) is 4.